The first kappa shape index (κ1) is 28.9. The number of hydrogen-bond acceptors (Lipinski definition) is 4. The minimum Gasteiger partial charge on any atom is -0.220 e. The molecule has 19 heteroatoms. The molecule has 180 valence electrons. The monoisotopic (exact) mass is 508 g/mol. The number of alkyl halides is 14. The molecule has 4 nitrogen and oxygen atoms in total. The summed E-state index contributed by atoms with van der Waals surface area (Å²) in [6.45, 7) is 0. The summed E-state index contributed by atoms with van der Waals surface area (Å²) in [5.74, 6) is -32.3. The summed E-state index contributed by atoms with van der Waals surface area (Å²) in [4.78, 5) is 0. The number of hydrogen-bond donors (Lipinski definition) is 0. The summed E-state index contributed by atoms with van der Waals surface area (Å²) in [5.41, 5.74) is -10.0. The van der Waals surface area contributed by atoms with E-state index in [1.807, 2.05) is 0 Å². The lowest BCUT2D eigenvalue weighted by Gasteiger charge is -2.38. The number of halogens is 14. The van der Waals surface area contributed by atoms with Crippen LogP contribution in [0.4, 0.5) is 61.5 Å². The van der Waals surface area contributed by atoms with Crippen molar-refractivity contribution in [3.8, 4) is 12.1 Å². The zero-order valence-electron chi connectivity index (χ0n) is 14.0. The molecule has 0 aromatic heterocycles. The highest BCUT2D eigenvalue weighted by Gasteiger charge is 2.87. The van der Waals surface area contributed by atoms with Crippen LogP contribution < -0.4 is 0 Å². The van der Waals surface area contributed by atoms with Crippen LogP contribution in [0.15, 0.2) is 0 Å². The Hall–Kier alpha value is -2.05. The standard InChI is InChI=1S/C12H6F14N2O2S/c13-7(14,8(15,16)9(17,18)10(19,20)11(21,22)23)3-6(4-27,5-28)1-2-31(29,30)12(24,25)26/h1-3H2. The molecule has 0 saturated heterocycles. The molecule has 0 radical (unpaired) electrons. The molecule has 0 bridgehead atoms. The third-order valence-corrected chi connectivity index (χ3v) is 5.15. The smallest absolute Gasteiger partial charge is 0.220 e. The predicted octanol–water partition coefficient (Wildman–Crippen LogP) is 4.84. The molecule has 0 amide bonds. The Morgan fingerprint density at radius 1 is 0.645 bits per heavy atom. The lowest BCUT2D eigenvalue weighted by atomic mass is 9.79. The van der Waals surface area contributed by atoms with Crippen LogP contribution in [0.25, 0.3) is 0 Å². The van der Waals surface area contributed by atoms with E-state index >= 15 is 0 Å². The molecule has 0 spiro atoms. The summed E-state index contributed by atoms with van der Waals surface area (Å²) in [5, 5.41) is 17.3. The Morgan fingerprint density at radius 3 is 1.32 bits per heavy atom. The Kier molecular flexibility index (Phi) is 7.30. The molecular weight excluding hydrogens is 502 g/mol. The van der Waals surface area contributed by atoms with Gasteiger partial charge in [0.25, 0.3) is 0 Å². The van der Waals surface area contributed by atoms with Gasteiger partial charge in [0, 0.05) is 6.42 Å². The van der Waals surface area contributed by atoms with E-state index < -0.39 is 69.2 Å². The van der Waals surface area contributed by atoms with Gasteiger partial charge in [-0.3, -0.25) is 0 Å². The Morgan fingerprint density at radius 2 is 1.03 bits per heavy atom. The van der Waals surface area contributed by atoms with Crippen molar-refractivity contribution in [2.45, 2.75) is 48.2 Å². The SMILES string of the molecule is N#CC(C#N)(CCS(=O)(=O)C(F)(F)F)CC(F)(F)C(F)(F)C(F)(F)C(F)(F)C(F)(F)F. The summed E-state index contributed by atoms with van der Waals surface area (Å²) >= 11 is 0. The highest BCUT2D eigenvalue weighted by atomic mass is 32.2. The third kappa shape index (κ3) is 4.90. The zero-order valence-corrected chi connectivity index (χ0v) is 14.8. The highest BCUT2D eigenvalue weighted by molar-refractivity contribution is 7.92. The van der Waals surface area contributed by atoms with Crippen molar-refractivity contribution in [3.05, 3.63) is 0 Å². The van der Waals surface area contributed by atoms with Gasteiger partial charge in [0.1, 0.15) is 0 Å². The maximum Gasteiger partial charge on any atom is 0.497 e. The Labute approximate surface area is 162 Å². The van der Waals surface area contributed by atoms with Gasteiger partial charge < -0.3 is 0 Å². The molecule has 31 heavy (non-hydrogen) atoms. The molecule has 0 aliphatic rings. The van der Waals surface area contributed by atoms with E-state index in [0.29, 0.717) is 12.1 Å². The first-order valence-electron chi connectivity index (χ1n) is 6.98. The van der Waals surface area contributed by atoms with Crippen molar-refractivity contribution in [1.82, 2.24) is 0 Å². The van der Waals surface area contributed by atoms with E-state index in [2.05, 4.69) is 0 Å². The van der Waals surface area contributed by atoms with E-state index in [-0.39, 0.29) is 0 Å². The lowest BCUT2D eigenvalue weighted by molar-refractivity contribution is -0.423. The average molecular weight is 508 g/mol. The molecule has 0 saturated carbocycles. The van der Waals surface area contributed by atoms with Gasteiger partial charge in [-0.25, -0.2) is 8.42 Å². The normalized spacial score (nSPS) is 15.4. The van der Waals surface area contributed by atoms with E-state index in [0.717, 1.165) is 0 Å². The van der Waals surface area contributed by atoms with Gasteiger partial charge in [0.15, 0.2) is 5.41 Å². The average Bonchev–Trinajstić information content (AvgIpc) is 2.56. The van der Waals surface area contributed by atoms with Crippen LogP contribution in [-0.4, -0.2) is 49.5 Å². The van der Waals surface area contributed by atoms with Crippen molar-refractivity contribution in [2.24, 2.45) is 5.41 Å². The topological polar surface area (TPSA) is 81.7 Å². The molecule has 0 fully saturated rings. The maximum atomic E-state index is 13.7. The Bertz CT molecular complexity index is 846. The van der Waals surface area contributed by atoms with Crippen LogP contribution in [0.1, 0.15) is 12.8 Å². The third-order valence-electron chi connectivity index (χ3n) is 3.71. The molecule has 0 N–H and O–H groups in total. The molecule has 0 aromatic carbocycles. The fraction of sp³-hybridized carbons (Fsp3) is 0.833. The van der Waals surface area contributed by atoms with Crippen LogP contribution in [-0.2, 0) is 9.84 Å². The van der Waals surface area contributed by atoms with Crippen LogP contribution in [0.3, 0.4) is 0 Å². The second-order valence-electron chi connectivity index (χ2n) is 5.92. The molecule has 0 aliphatic carbocycles. The molecule has 0 aliphatic heterocycles. The van der Waals surface area contributed by atoms with E-state index in [4.69, 9.17) is 10.5 Å². The molecule has 0 aromatic rings. The first-order valence-corrected chi connectivity index (χ1v) is 8.63. The summed E-state index contributed by atoms with van der Waals surface area (Å²) in [6.07, 6.45) is -12.9. The minimum absolute atomic E-state index is 0.377. The number of rotatable bonds is 8. The van der Waals surface area contributed by atoms with Crippen LogP contribution in [0.2, 0.25) is 0 Å². The molecule has 0 rings (SSSR count). The van der Waals surface area contributed by atoms with Gasteiger partial charge in [-0.1, -0.05) is 0 Å². The first-order chi connectivity index (χ1) is 13.3. The lowest BCUT2D eigenvalue weighted by Crippen LogP contribution is -2.66. The molecule has 0 atom stereocenters. The molecular formula is C12H6F14N2O2S. The Balaban J connectivity index is 6.26. The van der Waals surface area contributed by atoms with Gasteiger partial charge in [0.2, 0.25) is 9.84 Å². The van der Waals surface area contributed by atoms with Crippen molar-refractivity contribution >= 4 is 9.84 Å². The van der Waals surface area contributed by atoms with Gasteiger partial charge >= 0.3 is 35.4 Å². The van der Waals surface area contributed by atoms with Gasteiger partial charge in [-0.15, -0.1) is 0 Å². The van der Waals surface area contributed by atoms with E-state index in [1.165, 1.54) is 0 Å². The second-order valence-corrected chi connectivity index (χ2v) is 8.02. The van der Waals surface area contributed by atoms with Crippen molar-refractivity contribution in [1.29, 1.82) is 10.5 Å². The van der Waals surface area contributed by atoms with Crippen LogP contribution >= 0.6 is 0 Å². The zero-order chi connectivity index (χ0) is 25.5. The molecule has 0 unspecified atom stereocenters. The van der Waals surface area contributed by atoms with Crippen LogP contribution in [0.5, 0.6) is 0 Å². The number of nitriles is 2. The maximum absolute atomic E-state index is 13.7. The molecule has 0 heterocycles. The quantitative estimate of drug-likeness (QED) is 0.440. The van der Waals surface area contributed by atoms with Crippen molar-refractivity contribution in [3.63, 3.8) is 0 Å². The largest absolute Gasteiger partial charge is 0.497 e. The van der Waals surface area contributed by atoms with Gasteiger partial charge in [-0.2, -0.15) is 72.0 Å². The fourth-order valence-corrected chi connectivity index (χ4v) is 2.67. The van der Waals surface area contributed by atoms with E-state index in [9.17, 15) is 69.9 Å². The van der Waals surface area contributed by atoms with Crippen molar-refractivity contribution in [2.75, 3.05) is 5.75 Å². The van der Waals surface area contributed by atoms with Gasteiger partial charge in [0.05, 0.1) is 17.9 Å². The highest BCUT2D eigenvalue weighted by Crippen LogP contribution is 2.59. The fourth-order valence-electron chi connectivity index (χ4n) is 1.82. The summed E-state index contributed by atoms with van der Waals surface area (Å²) in [7, 11) is -6.26. The van der Waals surface area contributed by atoms with E-state index in [1.54, 1.807) is 0 Å². The predicted molar refractivity (Wildman–Crippen MR) is 68.6 cm³/mol. The number of sulfone groups is 1. The summed E-state index contributed by atoms with van der Waals surface area (Å²) < 4.78 is 201. The minimum atomic E-state index is -7.86. The van der Waals surface area contributed by atoms with Gasteiger partial charge in [-0.05, 0) is 6.42 Å². The second kappa shape index (κ2) is 7.82. The summed E-state index contributed by atoms with van der Waals surface area (Å²) in [6, 6.07) is 0.754. The van der Waals surface area contributed by atoms with Crippen molar-refractivity contribution < 1.29 is 69.9 Å². The number of nitrogens with zero attached hydrogens (tertiary/aromatic N) is 2. The van der Waals surface area contributed by atoms with Crippen LogP contribution in [0, 0.1) is 28.1 Å².